The molecule has 3 heteroatoms. The summed E-state index contributed by atoms with van der Waals surface area (Å²) in [5, 5.41) is 3.27. The number of amides is 1. The van der Waals surface area contributed by atoms with Crippen molar-refractivity contribution in [2.75, 3.05) is 26.2 Å². The van der Waals surface area contributed by atoms with Crippen LogP contribution in [0.4, 0.5) is 0 Å². The maximum Gasteiger partial charge on any atom is 0.222 e. The van der Waals surface area contributed by atoms with Gasteiger partial charge in [-0.1, -0.05) is 13.3 Å². The predicted octanol–water partition coefficient (Wildman–Crippen LogP) is 1.24. The lowest BCUT2D eigenvalue weighted by atomic mass is 9.99. The van der Waals surface area contributed by atoms with E-state index in [2.05, 4.69) is 17.1 Å². The van der Waals surface area contributed by atoms with Gasteiger partial charge in [-0.25, -0.2) is 0 Å². The Bertz CT molecular complexity index is 226. The fourth-order valence-corrected chi connectivity index (χ4v) is 2.56. The summed E-state index contributed by atoms with van der Waals surface area (Å²) in [6.07, 6.45) is 4.42. The normalized spacial score (nSPS) is 27.1. The van der Waals surface area contributed by atoms with Gasteiger partial charge in [0.1, 0.15) is 0 Å². The average Bonchev–Trinajstić information content (AvgIpc) is 2.45. The summed E-state index contributed by atoms with van der Waals surface area (Å²) in [5.74, 6) is 1.85. The SMILES string of the molecule is CCCC1CC(=O)N(CCC2CNC2)C1. The van der Waals surface area contributed by atoms with E-state index < -0.39 is 0 Å². The molecule has 3 nitrogen and oxygen atoms in total. The Morgan fingerprint density at radius 1 is 1.33 bits per heavy atom. The van der Waals surface area contributed by atoms with Crippen molar-refractivity contribution in [1.29, 1.82) is 0 Å². The van der Waals surface area contributed by atoms with E-state index in [4.69, 9.17) is 0 Å². The highest BCUT2D eigenvalue weighted by atomic mass is 16.2. The Morgan fingerprint density at radius 3 is 2.73 bits per heavy atom. The van der Waals surface area contributed by atoms with Crippen molar-refractivity contribution < 1.29 is 4.79 Å². The van der Waals surface area contributed by atoms with Crippen LogP contribution < -0.4 is 5.32 Å². The van der Waals surface area contributed by atoms with Gasteiger partial charge in [0.05, 0.1) is 0 Å². The maximum absolute atomic E-state index is 11.7. The molecule has 2 saturated heterocycles. The number of nitrogens with one attached hydrogen (secondary N) is 1. The summed E-state index contributed by atoms with van der Waals surface area (Å²) in [6, 6.07) is 0. The fraction of sp³-hybridized carbons (Fsp3) is 0.917. The quantitative estimate of drug-likeness (QED) is 0.740. The van der Waals surface area contributed by atoms with Crippen LogP contribution in [0, 0.1) is 11.8 Å². The molecular weight excluding hydrogens is 188 g/mol. The van der Waals surface area contributed by atoms with Gasteiger partial charge in [-0.3, -0.25) is 4.79 Å². The first-order valence-corrected chi connectivity index (χ1v) is 6.28. The van der Waals surface area contributed by atoms with Gasteiger partial charge >= 0.3 is 0 Å². The Kier molecular flexibility index (Phi) is 3.62. The molecular formula is C12H22N2O. The van der Waals surface area contributed by atoms with Crippen LogP contribution in [0.1, 0.15) is 32.6 Å². The van der Waals surface area contributed by atoms with Crippen LogP contribution >= 0.6 is 0 Å². The molecule has 1 N–H and O–H groups in total. The molecule has 2 aliphatic rings. The standard InChI is InChI=1S/C12H22N2O/c1-2-3-10-6-12(15)14(9-10)5-4-11-7-13-8-11/h10-11,13H,2-9H2,1H3. The number of hydrogen-bond acceptors (Lipinski definition) is 2. The predicted molar refractivity (Wildman–Crippen MR) is 60.6 cm³/mol. The third-order valence-corrected chi connectivity index (χ3v) is 3.66. The fourth-order valence-electron chi connectivity index (χ4n) is 2.56. The molecule has 86 valence electrons. The third kappa shape index (κ3) is 2.71. The topological polar surface area (TPSA) is 32.3 Å². The van der Waals surface area contributed by atoms with E-state index in [-0.39, 0.29) is 0 Å². The monoisotopic (exact) mass is 210 g/mol. The van der Waals surface area contributed by atoms with Crippen molar-refractivity contribution in [3.05, 3.63) is 0 Å². The smallest absolute Gasteiger partial charge is 0.222 e. The van der Waals surface area contributed by atoms with Crippen LogP contribution in [0.3, 0.4) is 0 Å². The Morgan fingerprint density at radius 2 is 2.13 bits per heavy atom. The first-order chi connectivity index (χ1) is 7.29. The highest BCUT2D eigenvalue weighted by Crippen LogP contribution is 2.23. The van der Waals surface area contributed by atoms with Gasteiger partial charge in [0.15, 0.2) is 0 Å². The molecule has 1 unspecified atom stereocenters. The minimum Gasteiger partial charge on any atom is -0.342 e. The minimum atomic E-state index is 0.390. The summed E-state index contributed by atoms with van der Waals surface area (Å²) >= 11 is 0. The van der Waals surface area contributed by atoms with E-state index in [1.165, 1.54) is 19.3 Å². The van der Waals surface area contributed by atoms with Crippen molar-refractivity contribution in [2.45, 2.75) is 32.6 Å². The molecule has 0 aromatic heterocycles. The Hall–Kier alpha value is -0.570. The third-order valence-electron chi connectivity index (χ3n) is 3.66. The number of rotatable bonds is 5. The van der Waals surface area contributed by atoms with E-state index >= 15 is 0 Å². The molecule has 0 saturated carbocycles. The van der Waals surface area contributed by atoms with E-state index in [9.17, 15) is 4.79 Å². The van der Waals surface area contributed by atoms with Crippen molar-refractivity contribution in [2.24, 2.45) is 11.8 Å². The molecule has 2 aliphatic heterocycles. The van der Waals surface area contributed by atoms with Crippen LogP contribution in [0.5, 0.6) is 0 Å². The number of likely N-dealkylation sites (tertiary alicyclic amines) is 1. The molecule has 0 aromatic carbocycles. The highest BCUT2D eigenvalue weighted by molar-refractivity contribution is 5.78. The summed E-state index contributed by atoms with van der Waals surface area (Å²) in [7, 11) is 0. The second kappa shape index (κ2) is 4.97. The number of hydrogen-bond donors (Lipinski definition) is 1. The summed E-state index contributed by atoms with van der Waals surface area (Å²) in [4.78, 5) is 13.8. The van der Waals surface area contributed by atoms with Gasteiger partial charge in [-0.05, 0) is 37.8 Å². The molecule has 0 aromatic rings. The second-order valence-electron chi connectivity index (χ2n) is 5.01. The van der Waals surface area contributed by atoms with Gasteiger partial charge in [-0.15, -0.1) is 0 Å². The van der Waals surface area contributed by atoms with Crippen LogP contribution in [0.15, 0.2) is 0 Å². The molecule has 1 atom stereocenters. The molecule has 0 aliphatic carbocycles. The van der Waals surface area contributed by atoms with Gasteiger partial charge < -0.3 is 10.2 Å². The number of carbonyl (C=O) groups excluding carboxylic acids is 1. The second-order valence-corrected chi connectivity index (χ2v) is 5.01. The molecule has 0 bridgehead atoms. The Labute approximate surface area is 92.2 Å². The lowest BCUT2D eigenvalue weighted by molar-refractivity contribution is -0.127. The molecule has 0 spiro atoms. The van der Waals surface area contributed by atoms with Crippen molar-refractivity contribution in [1.82, 2.24) is 10.2 Å². The van der Waals surface area contributed by atoms with Gasteiger partial charge in [0.2, 0.25) is 5.91 Å². The first-order valence-electron chi connectivity index (χ1n) is 6.28. The Balaban J connectivity index is 1.70. The van der Waals surface area contributed by atoms with Gasteiger partial charge in [0.25, 0.3) is 0 Å². The number of carbonyl (C=O) groups is 1. The van der Waals surface area contributed by atoms with Crippen LogP contribution in [0.2, 0.25) is 0 Å². The number of nitrogens with zero attached hydrogens (tertiary/aromatic N) is 1. The van der Waals surface area contributed by atoms with E-state index in [0.717, 1.165) is 38.5 Å². The maximum atomic E-state index is 11.7. The van der Waals surface area contributed by atoms with E-state index in [1.54, 1.807) is 0 Å². The summed E-state index contributed by atoms with van der Waals surface area (Å²) < 4.78 is 0. The van der Waals surface area contributed by atoms with Crippen molar-refractivity contribution in [3.8, 4) is 0 Å². The molecule has 2 fully saturated rings. The summed E-state index contributed by atoms with van der Waals surface area (Å²) in [6.45, 7) is 6.52. The van der Waals surface area contributed by atoms with Gasteiger partial charge in [0, 0.05) is 19.5 Å². The van der Waals surface area contributed by atoms with Crippen molar-refractivity contribution in [3.63, 3.8) is 0 Å². The molecule has 1 amide bonds. The average molecular weight is 210 g/mol. The van der Waals surface area contributed by atoms with Crippen molar-refractivity contribution >= 4 is 5.91 Å². The lowest BCUT2D eigenvalue weighted by Crippen LogP contribution is -2.43. The molecule has 15 heavy (non-hydrogen) atoms. The van der Waals surface area contributed by atoms with Crippen LogP contribution in [-0.4, -0.2) is 37.0 Å². The summed E-state index contributed by atoms with van der Waals surface area (Å²) in [5.41, 5.74) is 0. The minimum absolute atomic E-state index is 0.390. The van der Waals surface area contributed by atoms with Crippen LogP contribution in [0.25, 0.3) is 0 Å². The molecule has 0 radical (unpaired) electrons. The zero-order valence-corrected chi connectivity index (χ0v) is 9.67. The highest BCUT2D eigenvalue weighted by Gasteiger charge is 2.29. The van der Waals surface area contributed by atoms with Crippen LogP contribution in [-0.2, 0) is 4.79 Å². The lowest BCUT2D eigenvalue weighted by Gasteiger charge is -2.29. The largest absolute Gasteiger partial charge is 0.342 e. The zero-order chi connectivity index (χ0) is 10.7. The molecule has 2 rings (SSSR count). The molecule has 2 heterocycles. The zero-order valence-electron chi connectivity index (χ0n) is 9.67. The first kappa shape index (κ1) is 10.9. The van der Waals surface area contributed by atoms with E-state index in [0.29, 0.717) is 11.8 Å². The van der Waals surface area contributed by atoms with Gasteiger partial charge in [-0.2, -0.15) is 0 Å². The van der Waals surface area contributed by atoms with E-state index in [1.807, 2.05) is 0 Å².